The summed E-state index contributed by atoms with van der Waals surface area (Å²) in [6, 6.07) is 15.0. The maximum atomic E-state index is 13.0. The molecule has 0 radical (unpaired) electrons. The van der Waals surface area contributed by atoms with Gasteiger partial charge in [-0.1, -0.05) is 37.3 Å². The third-order valence-electron chi connectivity index (χ3n) is 3.88. The van der Waals surface area contributed by atoms with E-state index in [2.05, 4.69) is 5.32 Å². The molecular formula is C18H22N2O3S. The fraction of sp³-hybridized carbons (Fsp3) is 0.278. The molecule has 1 amide bonds. The Morgan fingerprint density at radius 2 is 1.67 bits per heavy atom. The highest BCUT2D eigenvalue weighted by atomic mass is 32.2. The molecule has 2 aromatic rings. The predicted molar refractivity (Wildman–Crippen MR) is 95.7 cm³/mol. The Morgan fingerprint density at radius 3 is 2.29 bits per heavy atom. The molecule has 1 N–H and O–H groups in total. The lowest BCUT2D eigenvalue weighted by Gasteiger charge is -2.21. The van der Waals surface area contributed by atoms with Crippen LogP contribution in [0.2, 0.25) is 0 Å². The molecule has 128 valence electrons. The zero-order valence-electron chi connectivity index (χ0n) is 14.1. The first-order chi connectivity index (χ1) is 11.4. The Hall–Kier alpha value is -2.34. The van der Waals surface area contributed by atoms with Crippen molar-refractivity contribution in [2.24, 2.45) is 0 Å². The number of carbonyl (C=O) groups is 1. The van der Waals surface area contributed by atoms with Crippen LogP contribution < -0.4 is 9.62 Å². The van der Waals surface area contributed by atoms with Crippen LogP contribution in [0.1, 0.15) is 30.6 Å². The lowest BCUT2D eigenvalue weighted by molar-refractivity contribution is 0.0936. The van der Waals surface area contributed by atoms with E-state index in [9.17, 15) is 13.2 Å². The Labute approximate surface area is 143 Å². The Bertz CT molecular complexity index is 804. The molecule has 0 unspecified atom stereocenters. The van der Waals surface area contributed by atoms with E-state index in [-0.39, 0.29) is 22.4 Å². The van der Waals surface area contributed by atoms with E-state index in [1.54, 1.807) is 36.4 Å². The van der Waals surface area contributed by atoms with Crippen molar-refractivity contribution < 1.29 is 13.2 Å². The van der Waals surface area contributed by atoms with Crippen molar-refractivity contribution in [1.29, 1.82) is 0 Å². The summed E-state index contributed by atoms with van der Waals surface area (Å²) in [7, 11) is -2.36. The quantitative estimate of drug-likeness (QED) is 0.874. The summed E-state index contributed by atoms with van der Waals surface area (Å²) < 4.78 is 27.1. The van der Waals surface area contributed by atoms with Crippen molar-refractivity contribution in [1.82, 2.24) is 5.32 Å². The fourth-order valence-electron chi connectivity index (χ4n) is 2.21. The Kier molecular flexibility index (Phi) is 5.62. The molecule has 0 aliphatic carbocycles. The van der Waals surface area contributed by atoms with Gasteiger partial charge in [0, 0.05) is 13.1 Å². The standard InChI is InChI=1S/C18H22N2O3S/c1-4-14(2)19-18(21)16-12-8-9-13-17(16)24(22,23)20(3)15-10-6-5-7-11-15/h5-14H,4H2,1-3H3,(H,19,21)/t14-/m1/s1. The summed E-state index contributed by atoms with van der Waals surface area (Å²) >= 11 is 0. The SMILES string of the molecule is CC[C@@H](C)NC(=O)c1ccccc1S(=O)(=O)N(C)c1ccccc1. The maximum absolute atomic E-state index is 13.0. The van der Waals surface area contributed by atoms with Gasteiger partial charge in [0.2, 0.25) is 0 Å². The smallest absolute Gasteiger partial charge is 0.264 e. The molecule has 0 aromatic heterocycles. The molecule has 2 aromatic carbocycles. The van der Waals surface area contributed by atoms with Gasteiger partial charge < -0.3 is 5.32 Å². The van der Waals surface area contributed by atoms with Crippen molar-refractivity contribution in [3.63, 3.8) is 0 Å². The zero-order valence-corrected chi connectivity index (χ0v) is 14.9. The Balaban J connectivity index is 2.43. The second-order valence-corrected chi connectivity index (χ2v) is 7.52. The van der Waals surface area contributed by atoms with Crippen LogP contribution in [0.15, 0.2) is 59.5 Å². The van der Waals surface area contributed by atoms with Crippen LogP contribution >= 0.6 is 0 Å². The van der Waals surface area contributed by atoms with Gasteiger partial charge in [0.1, 0.15) is 4.90 Å². The number of sulfonamides is 1. The molecule has 0 saturated heterocycles. The van der Waals surface area contributed by atoms with E-state index >= 15 is 0 Å². The van der Waals surface area contributed by atoms with Crippen LogP contribution in [0.25, 0.3) is 0 Å². The van der Waals surface area contributed by atoms with E-state index in [1.807, 2.05) is 19.9 Å². The summed E-state index contributed by atoms with van der Waals surface area (Å²) in [5.41, 5.74) is 0.690. The molecule has 0 saturated carbocycles. The van der Waals surface area contributed by atoms with Crippen LogP contribution in [0.4, 0.5) is 5.69 Å². The van der Waals surface area contributed by atoms with Gasteiger partial charge in [-0.05, 0) is 37.6 Å². The summed E-state index contributed by atoms with van der Waals surface area (Å²) in [5, 5.41) is 2.82. The highest BCUT2D eigenvalue weighted by Gasteiger charge is 2.26. The molecule has 0 fully saturated rings. The Morgan fingerprint density at radius 1 is 1.08 bits per heavy atom. The van der Waals surface area contributed by atoms with Gasteiger partial charge in [-0.3, -0.25) is 9.10 Å². The zero-order chi connectivity index (χ0) is 17.7. The molecule has 0 aliphatic heterocycles. The summed E-state index contributed by atoms with van der Waals surface area (Å²) in [6.07, 6.45) is 0.768. The van der Waals surface area contributed by atoms with Crippen molar-refractivity contribution in [3.05, 3.63) is 60.2 Å². The number of carbonyl (C=O) groups excluding carboxylic acids is 1. The molecule has 5 nitrogen and oxygen atoms in total. The van der Waals surface area contributed by atoms with Crippen molar-refractivity contribution >= 4 is 21.6 Å². The molecule has 2 rings (SSSR count). The molecule has 0 heterocycles. The number of benzene rings is 2. The van der Waals surface area contributed by atoms with Crippen LogP contribution in [-0.2, 0) is 10.0 Å². The third kappa shape index (κ3) is 3.76. The minimum absolute atomic E-state index is 0.00263. The minimum atomic E-state index is -3.84. The number of anilines is 1. The van der Waals surface area contributed by atoms with E-state index < -0.39 is 10.0 Å². The summed E-state index contributed by atoms with van der Waals surface area (Å²) in [6.45, 7) is 3.84. The van der Waals surface area contributed by atoms with Crippen molar-refractivity contribution in [2.75, 3.05) is 11.4 Å². The number of hydrogen-bond acceptors (Lipinski definition) is 3. The number of para-hydroxylation sites is 1. The molecular weight excluding hydrogens is 324 g/mol. The first-order valence-corrected chi connectivity index (χ1v) is 9.25. The van der Waals surface area contributed by atoms with Crippen LogP contribution in [0, 0.1) is 0 Å². The molecule has 24 heavy (non-hydrogen) atoms. The van der Waals surface area contributed by atoms with Crippen molar-refractivity contribution in [3.8, 4) is 0 Å². The van der Waals surface area contributed by atoms with E-state index in [0.717, 1.165) is 6.42 Å². The number of rotatable bonds is 6. The van der Waals surface area contributed by atoms with Crippen LogP contribution in [0.5, 0.6) is 0 Å². The number of hydrogen-bond donors (Lipinski definition) is 1. The van der Waals surface area contributed by atoms with Gasteiger partial charge in [0.05, 0.1) is 11.3 Å². The van der Waals surface area contributed by atoms with Gasteiger partial charge in [0.15, 0.2) is 0 Å². The van der Waals surface area contributed by atoms with Gasteiger partial charge >= 0.3 is 0 Å². The molecule has 1 atom stereocenters. The van der Waals surface area contributed by atoms with E-state index in [0.29, 0.717) is 5.69 Å². The van der Waals surface area contributed by atoms with Gasteiger partial charge in [0.25, 0.3) is 15.9 Å². The second kappa shape index (κ2) is 7.49. The van der Waals surface area contributed by atoms with Gasteiger partial charge in [-0.2, -0.15) is 0 Å². The highest BCUT2D eigenvalue weighted by Crippen LogP contribution is 2.24. The topological polar surface area (TPSA) is 66.5 Å². The van der Waals surface area contributed by atoms with Crippen LogP contribution in [-0.4, -0.2) is 27.4 Å². The van der Waals surface area contributed by atoms with Gasteiger partial charge in [-0.25, -0.2) is 8.42 Å². The lowest BCUT2D eigenvalue weighted by Crippen LogP contribution is -2.34. The average molecular weight is 346 g/mol. The summed E-state index contributed by atoms with van der Waals surface area (Å²) in [4.78, 5) is 12.4. The fourth-order valence-corrected chi connectivity index (χ4v) is 3.59. The molecule has 0 bridgehead atoms. The molecule has 0 aliphatic rings. The molecule has 6 heteroatoms. The first-order valence-electron chi connectivity index (χ1n) is 7.81. The number of nitrogens with one attached hydrogen (secondary N) is 1. The monoisotopic (exact) mass is 346 g/mol. The lowest BCUT2D eigenvalue weighted by atomic mass is 10.2. The number of nitrogens with zero attached hydrogens (tertiary/aromatic N) is 1. The largest absolute Gasteiger partial charge is 0.350 e. The predicted octanol–water partition coefficient (Wildman–Crippen LogP) is 3.04. The van der Waals surface area contributed by atoms with Gasteiger partial charge in [-0.15, -0.1) is 0 Å². The normalized spacial score (nSPS) is 12.5. The van der Waals surface area contributed by atoms with E-state index in [1.165, 1.54) is 23.5 Å². The maximum Gasteiger partial charge on any atom is 0.264 e. The van der Waals surface area contributed by atoms with Crippen molar-refractivity contribution in [2.45, 2.75) is 31.2 Å². The minimum Gasteiger partial charge on any atom is -0.350 e. The first kappa shape index (κ1) is 18.0. The van der Waals surface area contributed by atoms with Crippen LogP contribution in [0.3, 0.4) is 0 Å². The second-order valence-electron chi connectivity index (χ2n) is 5.59. The highest BCUT2D eigenvalue weighted by molar-refractivity contribution is 7.92. The third-order valence-corrected chi connectivity index (χ3v) is 5.72. The number of amides is 1. The summed E-state index contributed by atoms with van der Waals surface area (Å²) in [5.74, 6) is -0.384. The average Bonchev–Trinajstić information content (AvgIpc) is 2.61. The molecule has 0 spiro atoms. The van der Waals surface area contributed by atoms with E-state index in [4.69, 9.17) is 0 Å².